The van der Waals surface area contributed by atoms with Crippen LogP contribution in [0.2, 0.25) is 0 Å². The Morgan fingerprint density at radius 3 is 2.44 bits per heavy atom. The predicted octanol–water partition coefficient (Wildman–Crippen LogP) is 0.993. The molecular weight excluding hydrogens is 492 g/mol. The Labute approximate surface area is 206 Å². The summed E-state index contributed by atoms with van der Waals surface area (Å²) in [7, 11) is -4.21. The van der Waals surface area contributed by atoms with E-state index in [1.54, 1.807) is 36.4 Å². The quantitative estimate of drug-likeness (QED) is 0.439. The van der Waals surface area contributed by atoms with Gasteiger partial charge < -0.3 is 19.3 Å². The van der Waals surface area contributed by atoms with Crippen LogP contribution in [0.3, 0.4) is 0 Å². The van der Waals surface area contributed by atoms with E-state index in [2.05, 4.69) is 4.98 Å². The zero-order chi connectivity index (χ0) is 25.5. The molecule has 12 heteroatoms. The summed E-state index contributed by atoms with van der Waals surface area (Å²) >= 11 is 0. The second-order valence-electron chi connectivity index (χ2n) is 8.68. The molecule has 2 N–H and O–H groups in total. The number of H-pyrrole nitrogens is 1. The highest BCUT2D eigenvalue weighted by atomic mass is 32.2. The minimum atomic E-state index is -4.21. The molecular formula is C24H24N2O9S. The molecule has 0 bridgehead atoms. The lowest BCUT2D eigenvalue weighted by molar-refractivity contribution is -0.202. The van der Waals surface area contributed by atoms with Gasteiger partial charge in [-0.05, 0) is 19.1 Å². The number of benzene rings is 2. The molecule has 3 aromatic rings. The highest BCUT2D eigenvalue weighted by molar-refractivity contribution is 7.86. The first-order chi connectivity index (χ1) is 17.2. The maximum absolute atomic E-state index is 12.9. The topological polar surface area (TPSA) is 146 Å². The molecule has 11 nitrogen and oxygen atoms in total. The largest absolute Gasteiger partial charge is 0.393 e. The van der Waals surface area contributed by atoms with Gasteiger partial charge >= 0.3 is 5.69 Å². The third-order valence-electron chi connectivity index (χ3n) is 6.24. The molecule has 5 rings (SSSR count). The van der Waals surface area contributed by atoms with Crippen molar-refractivity contribution < 1.29 is 31.9 Å². The van der Waals surface area contributed by atoms with Crippen molar-refractivity contribution >= 4 is 10.1 Å². The zero-order valence-corrected chi connectivity index (χ0v) is 20.0. The minimum Gasteiger partial charge on any atom is -0.393 e. The molecule has 1 unspecified atom stereocenters. The monoisotopic (exact) mass is 516 g/mol. The Balaban J connectivity index is 1.49. The van der Waals surface area contributed by atoms with Crippen LogP contribution in [-0.4, -0.2) is 54.1 Å². The van der Waals surface area contributed by atoms with Crippen LogP contribution in [-0.2, 0) is 28.5 Å². The Morgan fingerprint density at radius 1 is 1.06 bits per heavy atom. The second kappa shape index (κ2) is 9.39. The number of hydrogen-bond acceptors (Lipinski definition) is 9. The highest BCUT2D eigenvalue weighted by Gasteiger charge is 2.62. The van der Waals surface area contributed by atoms with E-state index in [0.717, 1.165) is 16.2 Å². The van der Waals surface area contributed by atoms with Crippen LogP contribution in [0.4, 0.5) is 0 Å². The summed E-state index contributed by atoms with van der Waals surface area (Å²) in [5.74, 6) is 0. The summed E-state index contributed by atoms with van der Waals surface area (Å²) in [4.78, 5) is 26.2. The Kier molecular flexibility index (Phi) is 6.41. The SMILES string of the molecule is Cc1ccc(S(=O)(=O)OC[C@]2(CO)O[C@@H](n3ccc(=O)[nH]c3=O)[C@@H]3OC(c4ccccc4)O[C@@H]32)cc1. The lowest BCUT2D eigenvalue weighted by Gasteiger charge is -2.31. The third kappa shape index (κ3) is 4.43. The van der Waals surface area contributed by atoms with Crippen molar-refractivity contribution in [3.8, 4) is 0 Å². The van der Waals surface area contributed by atoms with E-state index in [4.69, 9.17) is 18.4 Å². The molecule has 3 heterocycles. The van der Waals surface area contributed by atoms with Gasteiger partial charge in [-0.15, -0.1) is 0 Å². The summed E-state index contributed by atoms with van der Waals surface area (Å²) in [6.07, 6.45) is -2.72. The zero-order valence-electron chi connectivity index (χ0n) is 19.1. The average Bonchev–Trinajstić information content (AvgIpc) is 3.43. The van der Waals surface area contributed by atoms with Crippen molar-refractivity contribution in [2.75, 3.05) is 13.2 Å². The number of nitrogens with one attached hydrogen (secondary N) is 1. The van der Waals surface area contributed by atoms with Crippen LogP contribution in [0.15, 0.2) is 81.3 Å². The number of aliphatic hydroxyl groups excluding tert-OH is 1. The number of aliphatic hydroxyl groups is 1. The normalized spacial score (nSPS) is 27.7. The van der Waals surface area contributed by atoms with Gasteiger partial charge in [0.1, 0.15) is 24.4 Å². The molecule has 0 spiro atoms. The van der Waals surface area contributed by atoms with Crippen molar-refractivity contribution in [2.45, 2.75) is 42.1 Å². The summed E-state index contributed by atoms with van der Waals surface area (Å²) in [5, 5.41) is 10.4. The molecule has 0 radical (unpaired) electrons. The molecule has 2 saturated heterocycles. The molecule has 2 fully saturated rings. The average molecular weight is 517 g/mol. The standard InChI is InChI=1S/C24H24N2O9S/c1-15-7-9-17(10-8-15)36(30,31)32-14-24(13-27)20-19(33-22(34-20)16-5-3-2-4-6-16)21(35-24)26-12-11-18(28)25-23(26)29/h2-12,19-22,27H,13-14H2,1H3,(H,25,28,29)/t19-,20+,21-,22?,24+/m1/s1. The fourth-order valence-electron chi connectivity index (χ4n) is 4.32. The summed E-state index contributed by atoms with van der Waals surface area (Å²) in [6.45, 7) is 0.515. The number of fused-ring (bicyclic) bond motifs is 1. The predicted molar refractivity (Wildman–Crippen MR) is 125 cm³/mol. The van der Waals surface area contributed by atoms with Gasteiger partial charge in [-0.2, -0.15) is 8.42 Å². The summed E-state index contributed by atoms with van der Waals surface area (Å²) in [5.41, 5.74) is -1.51. The van der Waals surface area contributed by atoms with Gasteiger partial charge in [-0.25, -0.2) is 4.79 Å². The van der Waals surface area contributed by atoms with Gasteiger partial charge in [0.2, 0.25) is 0 Å². The lowest BCUT2D eigenvalue weighted by atomic mass is 9.97. The van der Waals surface area contributed by atoms with Crippen LogP contribution < -0.4 is 11.2 Å². The fourth-order valence-corrected chi connectivity index (χ4v) is 5.28. The molecule has 5 atom stereocenters. The third-order valence-corrected chi connectivity index (χ3v) is 7.51. The van der Waals surface area contributed by atoms with Crippen LogP contribution in [0.5, 0.6) is 0 Å². The van der Waals surface area contributed by atoms with Crippen LogP contribution in [0.1, 0.15) is 23.6 Å². The maximum Gasteiger partial charge on any atom is 0.330 e. The summed E-state index contributed by atoms with van der Waals surface area (Å²) < 4.78 is 50.4. The molecule has 1 aromatic heterocycles. The molecule has 36 heavy (non-hydrogen) atoms. The Hall–Kier alpha value is -3.13. The fraction of sp³-hybridized carbons (Fsp3) is 0.333. The van der Waals surface area contributed by atoms with Crippen molar-refractivity contribution in [1.29, 1.82) is 0 Å². The minimum absolute atomic E-state index is 0.0603. The van der Waals surface area contributed by atoms with Crippen molar-refractivity contribution in [3.63, 3.8) is 0 Å². The second-order valence-corrected chi connectivity index (χ2v) is 10.3. The molecule has 190 valence electrons. The van der Waals surface area contributed by atoms with Gasteiger partial charge in [-0.1, -0.05) is 48.0 Å². The van der Waals surface area contributed by atoms with Crippen LogP contribution >= 0.6 is 0 Å². The van der Waals surface area contributed by atoms with Crippen LogP contribution in [0, 0.1) is 6.92 Å². The number of aryl methyl sites for hydroxylation is 1. The van der Waals surface area contributed by atoms with Gasteiger partial charge in [-0.3, -0.25) is 18.5 Å². The van der Waals surface area contributed by atoms with Gasteiger partial charge in [0.05, 0.1) is 11.5 Å². The molecule has 0 aliphatic carbocycles. The first-order valence-corrected chi connectivity index (χ1v) is 12.6. The molecule has 2 aliphatic rings. The maximum atomic E-state index is 12.9. The number of rotatable bonds is 7. The van der Waals surface area contributed by atoms with Crippen molar-refractivity contribution in [2.24, 2.45) is 0 Å². The number of nitrogens with zero attached hydrogens (tertiary/aromatic N) is 1. The van der Waals surface area contributed by atoms with E-state index >= 15 is 0 Å². The molecule has 2 aliphatic heterocycles. The van der Waals surface area contributed by atoms with E-state index in [-0.39, 0.29) is 4.90 Å². The van der Waals surface area contributed by atoms with Crippen molar-refractivity contribution in [1.82, 2.24) is 9.55 Å². The number of aromatic nitrogens is 2. The van der Waals surface area contributed by atoms with E-state index < -0.39 is 64.9 Å². The number of ether oxygens (including phenoxy) is 3. The number of aromatic amines is 1. The molecule has 0 saturated carbocycles. The van der Waals surface area contributed by atoms with E-state index in [1.807, 2.05) is 13.0 Å². The Morgan fingerprint density at radius 2 is 1.78 bits per heavy atom. The van der Waals surface area contributed by atoms with Gasteiger partial charge in [0.25, 0.3) is 15.7 Å². The van der Waals surface area contributed by atoms with Crippen molar-refractivity contribution in [3.05, 3.63) is 98.8 Å². The molecule has 0 amide bonds. The lowest BCUT2D eigenvalue weighted by Crippen LogP contribution is -2.50. The van der Waals surface area contributed by atoms with E-state index in [9.17, 15) is 23.1 Å². The number of hydrogen-bond donors (Lipinski definition) is 2. The van der Waals surface area contributed by atoms with Gasteiger partial charge in [0, 0.05) is 17.8 Å². The smallest absolute Gasteiger partial charge is 0.330 e. The molecule has 2 aromatic carbocycles. The first-order valence-electron chi connectivity index (χ1n) is 11.1. The Bertz CT molecular complexity index is 1450. The van der Waals surface area contributed by atoms with E-state index in [0.29, 0.717) is 5.56 Å². The highest BCUT2D eigenvalue weighted by Crippen LogP contribution is 2.48. The van der Waals surface area contributed by atoms with Gasteiger partial charge in [0.15, 0.2) is 12.5 Å². The first kappa shape index (κ1) is 24.6. The van der Waals surface area contributed by atoms with Crippen LogP contribution in [0.25, 0.3) is 0 Å². The summed E-state index contributed by atoms with van der Waals surface area (Å²) in [6, 6.07) is 16.2. The van der Waals surface area contributed by atoms with E-state index in [1.165, 1.54) is 18.3 Å².